The fourth-order valence-electron chi connectivity index (χ4n) is 3.34. The van der Waals surface area contributed by atoms with Crippen molar-refractivity contribution in [3.63, 3.8) is 0 Å². The van der Waals surface area contributed by atoms with Gasteiger partial charge in [0.05, 0.1) is 0 Å². The highest BCUT2D eigenvalue weighted by atomic mass is 19.1. The molecule has 2 nitrogen and oxygen atoms in total. The summed E-state index contributed by atoms with van der Waals surface area (Å²) in [6.45, 7) is 2.42. The number of aryl methyl sites for hydroxylation is 1. The van der Waals surface area contributed by atoms with Gasteiger partial charge in [0.15, 0.2) is 0 Å². The van der Waals surface area contributed by atoms with Crippen LogP contribution in [0.2, 0.25) is 0 Å². The molecule has 2 unspecified atom stereocenters. The van der Waals surface area contributed by atoms with Gasteiger partial charge >= 0.3 is 0 Å². The molecule has 0 radical (unpaired) electrons. The molecule has 0 aliphatic heterocycles. The van der Waals surface area contributed by atoms with Gasteiger partial charge in [-0.1, -0.05) is 43.3 Å². The van der Waals surface area contributed by atoms with Gasteiger partial charge in [-0.15, -0.1) is 0 Å². The predicted octanol–water partition coefficient (Wildman–Crippen LogP) is 3.99. The highest BCUT2D eigenvalue weighted by molar-refractivity contribution is 5.76. The SMILES string of the molecule is CC1CC1(CNC(=O)CCc1ccccc1)c1ccc(F)cc1F. The van der Waals surface area contributed by atoms with Crippen molar-refractivity contribution in [1.82, 2.24) is 5.32 Å². The molecule has 0 heterocycles. The van der Waals surface area contributed by atoms with E-state index in [1.165, 1.54) is 12.1 Å². The Balaban J connectivity index is 1.59. The Labute approximate surface area is 140 Å². The standard InChI is InChI=1S/C20H21F2NO/c1-14-12-20(14,17-9-8-16(21)11-18(17)22)13-23-19(24)10-7-15-5-3-2-4-6-15/h2-6,8-9,11,14H,7,10,12-13H2,1H3,(H,23,24). The van der Waals surface area contributed by atoms with Crippen LogP contribution in [-0.2, 0) is 16.6 Å². The van der Waals surface area contributed by atoms with E-state index in [0.717, 1.165) is 18.1 Å². The van der Waals surface area contributed by atoms with E-state index in [4.69, 9.17) is 0 Å². The monoisotopic (exact) mass is 329 g/mol. The lowest BCUT2D eigenvalue weighted by Crippen LogP contribution is -2.34. The van der Waals surface area contributed by atoms with Crippen molar-refractivity contribution in [2.24, 2.45) is 5.92 Å². The summed E-state index contributed by atoms with van der Waals surface area (Å²) in [6, 6.07) is 13.5. The van der Waals surface area contributed by atoms with Gasteiger partial charge in [0, 0.05) is 24.4 Å². The van der Waals surface area contributed by atoms with Crippen molar-refractivity contribution in [2.75, 3.05) is 6.54 Å². The number of hydrogen-bond donors (Lipinski definition) is 1. The van der Waals surface area contributed by atoms with E-state index in [1.807, 2.05) is 37.3 Å². The van der Waals surface area contributed by atoms with Crippen LogP contribution in [0.3, 0.4) is 0 Å². The molecule has 0 saturated heterocycles. The van der Waals surface area contributed by atoms with Crippen molar-refractivity contribution < 1.29 is 13.6 Å². The lowest BCUT2D eigenvalue weighted by molar-refractivity contribution is -0.121. The van der Waals surface area contributed by atoms with Crippen molar-refractivity contribution >= 4 is 5.91 Å². The number of carbonyl (C=O) groups is 1. The topological polar surface area (TPSA) is 29.1 Å². The third-order valence-electron chi connectivity index (χ3n) is 5.01. The molecule has 24 heavy (non-hydrogen) atoms. The van der Waals surface area contributed by atoms with Gasteiger partial charge in [0.2, 0.25) is 5.91 Å². The Kier molecular flexibility index (Phi) is 4.65. The third kappa shape index (κ3) is 3.48. The summed E-state index contributed by atoms with van der Waals surface area (Å²) in [6.07, 6.45) is 1.88. The number of hydrogen-bond acceptors (Lipinski definition) is 1. The minimum atomic E-state index is -0.577. The largest absolute Gasteiger partial charge is 0.355 e. The maximum absolute atomic E-state index is 14.1. The minimum absolute atomic E-state index is 0.0418. The van der Waals surface area contributed by atoms with Gasteiger partial charge in [-0.25, -0.2) is 8.78 Å². The van der Waals surface area contributed by atoms with Crippen molar-refractivity contribution in [2.45, 2.75) is 31.6 Å². The van der Waals surface area contributed by atoms with Gasteiger partial charge in [-0.05, 0) is 36.0 Å². The van der Waals surface area contributed by atoms with E-state index in [-0.39, 0.29) is 11.8 Å². The number of rotatable bonds is 6. The molecule has 2 aromatic rings. The maximum atomic E-state index is 14.1. The molecule has 1 fully saturated rings. The smallest absolute Gasteiger partial charge is 0.220 e. The molecule has 4 heteroatoms. The highest BCUT2D eigenvalue weighted by Gasteiger charge is 2.53. The number of nitrogens with one attached hydrogen (secondary N) is 1. The van der Waals surface area contributed by atoms with Gasteiger partial charge in [0.25, 0.3) is 0 Å². The Morgan fingerprint density at radius 1 is 1.21 bits per heavy atom. The highest BCUT2D eigenvalue weighted by Crippen LogP contribution is 2.54. The molecule has 1 saturated carbocycles. The minimum Gasteiger partial charge on any atom is -0.355 e. The van der Waals surface area contributed by atoms with Gasteiger partial charge in [-0.3, -0.25) is 4.79 Å². The summed E-state index contributed by atoms with van der Waals surface area (Å²) in [5.74, 6) is -0.879. The summed E-state index contributed by atoms with van der Waals surface area (Å²) < 4.78 is 27.2. The summed E-state index contributed by atoms with van der Waals surface area (Å²) in [4.78, 5) is 12.1. The van der Waals surface area contributed by atoms with E-state index < -0.39 is 17.0 Å². The first-order chi connectivity index (χ1) is 11.5. The lowest BCUT2D eigenvalue weighted by Gasteiger charge is -2.19. The number of benzene rings is 2. The van der Waals surface area contributed by atoms with Gasteiger partial charge in [-0.2, -0.15) is 0 Å². The predicted molar refractivity (Wildman–Crippen MR) is 89.6 cm³/mol. The summed E-state index contributed by atoms with van der Waals surface area (Å²) in [7, 11) is 0. The van der Waals surface area contributed by atoms with E-state index in [2.05, 4.69) is 5.32 Å². The molecule has 0 spiro atoms. The van der Waals surface area contributed by atoms with Gasteiger partial charge in [0.1, 0.15) is 11.6 Å². The zero-order chi connectivity index (χ0) is 17.2. The van der Waals surface area contributed by atoms with E-state index in [1.54, 1.807) is 0 Å². The van der Waals surface area contributed by atoms with Crippen LogP contribution in [0.5, 0.6) is 0 Å². The summed E-state index contributed by atoms with van der Waals surface area (Å²) >= 11 is 0. The fraction of sp³-hybridized carbons (Fsp3) is 0.350. The molecule has 0 aromatic heterocycles. The van der Waals surface area contributed by atoms with E-state index >= 15 is 0 Å². The Bertz CT molecular complexity index is 732. The van der Waals surface area contributed by atoms with Crippen LogP contribution in [0.15, 0.2) is 48.5 Å². The molecule has 1 amide bonds. The average molecular weight is 329 g/mol. The molecule has 2 aromatic carbocycles. The molecule has 1 N–H and O–H groups in total. The average Bonchev–Trinajstić information content (AvgIpc) is 3.23. The van der Waals surface area contributed by atoms with Crippen LogP contribution in [0.25, 0.3) is 0 Å². The van der Waals surface area contributed by atoms with E-state index in [9.17, 15) is 13.6 Å². The zero-order valence-corrected chi connectivity index (χ0v) is 13.7. The maximum Gasteiger partial charge on any atom is 0.220 e. The van der Waals surface area contributed by atoms with Crippen LogP contribution in [0.4, 0.5) is 8.78 Å². The Morgan fingerprint density at radius 3 is 2.54 bits per heavy atom. The number of amides is 1. The second-order valence-corrected chi connectivity index (χ2v) is 6.65. The second-order valence-electron chi connectivity index (χ2n) is 6.65. The van der Waals surface area contributed by atoms with Crippen LogP contribution in [0, 0.1) is 17.6 Å². The molecule has 1 aliphatic carbocycles. The van der Waals surface area contributed by atoms with E-state index in [0.29, 0.717) is 24.9 Å². The van der Waals surface area contributed by atoms with Crippen LogP contribution in [-0.4, -0.2) is 12.5 Å². The third-order valence-corrected chi connectivity index (χ3v) is 5.01. The first-order valence-corrected chi connectivity index (χ1v) is 8.27. The first kappa shape index (κ1) is 16.6. The van der Waals surface area contributed by atoms with Crippen molar-refractivity contribution in [3.05, 3.63) is 71.3 Å². The van der Waals surface area contributed by atoms with Crippen LogP contribution >= 0.6 is 0 Å². The Morgan fingerprint density at radius 2 is 1.92 bits per heavy atom. The van der Waals surface area contributed by atoms with Crippen LogP contribution < -0.4 is 5.32 Å². The molecular weight excluding hydrogens is 308 g/mol. The zero-order valence-electron chi connectivity index (χ0n) is 13.7. The number of halogens is 2. The first-order valence-electron chi connectivity index (χ1n) is 8.27. The number of carbonyl (C=O) groups excluding carboxylic acids is 1. The molecular formula is C20H21F2NO. The molecule has 0 bridgehead atoms. The Hall–Kier alpha value is -2.23. The summed E-state index contributed by atoms with van der Waals surface area (Å²) in [5.41, 5.74) is 1.21. The quantitative estimate of drug-likeness (QED) is 0.853. The second kappa shape index (κ2) is 6.71. The molecule has 2 atom stereocenters. The van der Waals surface area contributed by atoms with Crippen molar-refractivity contribution in [1.29, 1.82) is 0 Å². The van der Waals surface area contributed by atoms with Gasteiger partial charge < -0.3 is 5.32 Å². The van der Waals surface area contributed by atoms with Crippen molar-refractivity contribution in [3.8, 4) is 0 Å². The van der Waals surface area contributed by atoms with Crippen LogP contribution in [0.1, 0.15) is 30.9 Å². The lowest BCUT2D eigenvalue weighted by atomic mass is 9.92. The molecule has 1 aliphatic rings. The summed E-state index contributed by atoms with van der Waals surface area (Å²) in [5, 5.41) is 2.93. The molecule has 126 valence electrons. The normalized spacial score (nSPS) is 22.2. The fourth-order valence-corrected chi connectivity index (χ4v) is 3.34. The molecule has 3 rings (SSSR count).